The number of hydrogen-bond acceptors (Lipinski definition) is 4. The number of carbonyl (C=O) groups excluding carboxylic acids is 2. The van der Waals surface area contributed by atoms with Crippen molar-refractivity contribution in [1.29, 1.82) is 0 Å². The van der Waals surface area contributed by atoms with Crippen molar-refractivity contribution in [3.8, 4) is 11.3 Å². The highest BCUT2D eigenvalue weighted by Crippen LogP contribution is 2.31. The zero-order valence-corrected chi connectivity index (χ0v) is 14.5. The molecule has 0 saturated heterocycles. The molecule has 0 radical (unpaired) electrons. The molecule has 5 nitrogen and oxygen atoms in total. The van der Waals surface area contributed by atoms with Crippen LogP contribution in [0, 0.1) is 0 Å². The summed E-state index contributed by atoms with van der Waals surface area (Å²) in [4.78, 5) is 35.9. The Morgan fingerprint density at radius 2 is 1.63 bits per heavy atom. The van der Waals surface area contributed by atoms with Crippen LogP contribution in [0.3, 0.4) is 0 Å². The Morgan fingerprint density at radius 1 is 0.963 bits per heavy atom. The fourth-order valence-electron chi connectivity index (χ4n) is 2.97. The van der Waals surface area contributed by atoms with E-state index in [0.717, 1.165) is 0 Å². The number of aromatic carboxylic acids is 1. The number of carbonyl (C=O) groups is 3. The van der Waals surface area contributed by atoms with E-state index in [1.165, 1.54) is 18.2 Å². The van der Waals surface area contributed by atoms with E-state index < -0.39 is 5.97 Å². The lowest BCUT2D eigenvalue weighted by atomic mass is 10.1. The minimum atomic E-state index is -1.12. The molecule has 0 unspecified atom stereocenters. The summed E-state index contributed by atoms with van der Waals surface area (Å²) in [5, 5.41) is 9.13. The van der Waals surface area contributed by atoms with Crippen LogP contribution in [0.25, 0.3) is 17.4 Å². The predicted octanol–water partition coefficient (Wildman–Crippen LogP) is 4.76. The van der Waals surface area contributed by atoms with E-state index in [-0.39, 0.29) is 27.7 Å². The smallest absolute Gasteiger partial charge is 0.337 e. The number of halogens is 1. The average Bonchev–Trinajstić information content (AvgIpc) is 3.21. The third-order valence-electron chi connectivity index (χ3n) is 4.30. The van der Waals surface area contributed by atoms with Crippen molar-refractivity contribution in [2.24, 2.45) is 0 Å². The first-order chi connectivity index (χ1) is 13.0. The Balaban J connectivity index is 1.67. The Hall–Kier alpha value is -3.44. The summed E-state index contributed by atoms with van der Waals surface area (Å²) >= 11 is 5.98. The van der Waals surface area contributed by atoms with Crippen molar-refractivity contribution in [1.82, 2.24) is 0 Å². The van der Waals surface area contributed by atoms with Gasteiger partial charge in [-0.2, -0.15) is 0 Å². The molecule has 1 aliphatic carbocycles. The first kappa shape index (κ1) is 17.0. The highest BCUT2D eigenvalue weighted by Gasteiger charge is 2.32. The molecule has 3 aromatic rings. The van der Waals surface area contributed by atoms with E-state index in [0.29, 0.717) is 28.2 Å². The number of allylic oxidation sites excluding steroid dienone is 1. The van der Waals surface area contributed by atoms with Gasteiger partial charge in [0, 0.05) is 16.7 Å². The Kier molecular flexibility index (Phi) is 4.01. The third kappa shape index (κ3) is 2.88. The lowest BCUT2D eigenvalue weighted by molar-refractivity contribution is 0.0696. The minimum absolute atomic E-state index is 0.00534. The molecular formula is C21H11ClO5. The van der Waals surface area contributed by atoms with Gasteiger partial charge in [-0.05, 0) is 30.3 Å². The molecule has 1 aromatic heterocycles. The molecule has 0 bridgehead atoms. The van der Waals surface area contributed by atoms with Crippen LogP contribution in [0.15, 0.2) is 64.6 Å². The second-order valence-corrected chi connectivity index (χ2v) is 6.37. The van der Waals surface area contributed by atoms with Gasteiger partial charge in [-0.15, -0.1) is 0 Å². The number of benzene rings is 2. The molecule has 0 aliphatic heterocycles. The molecule has 0 fully saturated rings. The zero-order chi connectivity index (χ0) is 19.1. The molecule has 1 heterocycles. The van der Waals surface area contributed by atoms with Crippen LogP contribution in [0.4, 0.5) is 0 Å². The maximum absolute atomic E-state index is 12.4. The van der Waals surface area contributed by atoms with Crippen LogP contribution in [0.2, 0.25) is 5.02 Å². The van der Waals surface area contributed by atoms with Crippen LogP contribution >= 0.6 is 11.6 Å². The molecule has 1 aliphatic rings. The van der Waals surface area contributed by atoms with Gasteiger partial charge in [0.2, 0.25) is 0 Å². The van der Waals surface area contributed by atoms with Gasteiger partial charge in [-0.1, -0.05) is 41.9 Å². The van der Waals surface area contributed by atoms with Crippen molar-refractivity contribution in [3.63, 3.8) is 0 Å². The van der Waals surface area contributed by atoms with Crippen molar-refractivity contribution in [2.75, 3.05) is 0 Å². The van der Waals surface area contributed by atoms with Crippen molar-refractivity contribution in [3.05, 3.63) is 87.6 Å². The van der Waals surface area contributed by atoms with Crippen LogP contribution in [-0.2, 0) is 0 Å². The Labute approximate surface area is 158 Å². The van der Waals surface area contributed by atoms with Gasteiger partial charge >= 0.3 is 5.97 Å². The lowest BCUT2D eigenvalue weighted by Crippen LogP contribution is -1.99. The van der Waals surface area contributed by atoms with E-state index in [9.17, 15) is 14.4 Å². The summed E-state index contributed by atoms with van der Waals surface area (Å²) in [6, 6.07) is 14.4. The van der Waals surface area contributed by atoms with Crippen LogP contribution in [0.1, 0.15) is 36.8 Å². The maximum atomic E-state index is 12.4. The van der Waals surface area contributed by atoms with E-state index in [1.807, 2.05) is 0 Å². The van der Waals surface area contributed by atoms with Gasteiger partial charge < -0.3 is 9.52 Å². The Morgan fingerprint density at radius 3 is 2.22 bits per heavy atom. The summed E-state index contributed by atoms with van der Waals surface area (Å²) in [5.41, 5.74) is 1.40. The largest absolute Gasteiger partial charge is 0.478 e. The summed E-state index contributed by atoms with van der Waals surface area (Å²) in [6.45, 7) is 0. The van der Waals surface area contributed by atoms with Crippen LogP contribution in [0.5, 0.6) is 0 Å². The summed E-state index contributed by atoms with van der Waals surface area (Å²) in [5.74, 6) is -0.997. The van der Waals surface area contributed by atoms with Crippen molar-refractivity contribution >= 4 is 35.2 Å². The summed E-state index contributed by atoms with van der Waals surface area (Å²) < 4.78 is 5.70. The highest BCUT2D eigenvalue weighted by molar-refractivity contribution is 6.41. The second-order valence-electron chi connectivity index (χ2n) is 5.96. The number of fused-ring (bicyclic) bond motifs is 1. The molecule has 1 N–H and O–H groups in total. The number of Topliss-reactive ketones (excluding diaryl/α,β-unsaturated/α-hetero) is 2. The van der Waals surface area contributed by atoms with Crippen molar-refractivity contribution in [2.45, 2.75) is 0 Å². The van der Waals surface area contributed by atoms with Crippen LogP contribution < -0.4 is 0 Å². The van der Waals surface area contributed by atoms with Crippen molar-refractivity contribution < 1.29 is 23.9 Å². The number of hydrogen-bond donors (Lipinski definition) is 1. The summed E-state index contributed by atoms with van der Waals surface area (Å²) in [6.07, 6.45) is 1.42. The number of ketones is 2. The quantitative estimate of drug-likeness (QED) is 0.524. The van der Waals surface area contributed by atoms with Gasteiger partial charge in [0.15, 0.2) is 11.6 Å². The second kappa shape index (κ2) is 6.37. The Bertz CT molecular complexity index is 1120. The molecule has 0 saturated carbocycles. The predicted molar refractivity (Wildman–Crippen MR) is 99.2 cm³/mol. The van der Waals surface area contributed by atoms with Gasteiger partial charge in [0.05, 0.1) is 16.2 Å². The number of rotatable bonds is 3. The summed E-state index contributed by atoms with van der Waals surface area (Å²) in [7, 11) is 0. The molecular weight excluding hydrogens is 368 g/mol. The molecule has 4 rings (SSSR count). The van der Waals surface area contributed by atoms with E-state index in [1.54, 1.807) is 42.5 Å². The molecule has 132 valence electrons. The van der Waals surface area contributed by atoms with E-state index in [2.05, 4.69) is 0 Å². The van der Waals surface area contributed by atoms with Gasteiger partial charge in [-0.25, -0.2) is 4.79 Å². The normalized spacial score (nSPS) is 13.0. The SMILES string of the molecule is O=C(O)c1ccc(-c2ccc(C=C3C(=O)c4ccccc4C3=O)o2)cc1Cl. The lowest BCUT2D eigenvalue weighted by Gasteiger charge is -2.01. The fourth-order valence-corrected chi connectivity index (χ4v) is 3.23. The fraction of sp³-hybridized carbons (Fsp3) is 0. The van der Waals surface area contributed by atoms with Gasteiger partial charge in [-0.3, -0.25) is 9.59 Å². The van der Waals surface area contributed by atoms with E-state index in [4.69, 9.17) is 21.1 Å². The molecule has 0 atom stereocenters. The first-order valence-electron chi connectivity index (χ1n) is 7.99. The third-order valence-corrected chi connectivity index (χ3v) is 4.62. The number of carboxylic acid groups (broad SMARTS) is 1. The topological polar surface area (TPSA) is 84.6 Å². The number of carboxylic acids is 1. The molecule has 6 heteroatoms. The minimum Gasteiger partial charge on any atom is -0.478 e. The van der Waals surface area contributed by atoms with Gasteiger partial charge in [0.25, 0.3) is 0 Å². The molecule has 0 amide bonds. The first-order valence-corrected chi connectivity index (χ1v) is 8.36. The van der Waals surface area contributed by atoms with E-state index >= 15 is 0 Å². The number of furan rings is 1. The molecule has 2 aromatic carbocycles. The molecule has 0 spiro atoms. The standard InChI is InChI=1S/C21H11ClO5/c22-17-9-11(5-7-15(17)21(25)26)18-8-6-12(27-18)10-16-19(23)13-3-1-2-4-14(13)20(16)24/h1-10H,(H,25,26). The maximum Gasteiger partial charge on any atom is 0.337 e. The van der Waals surface area contributed by atoms with Crippen LogP contribution in [-0.4, -0.2) is 22.6 Å². The van der Waals surface area contributed by atoms with Gasteiger partial charge in [0.1, 0.15) is 11.5 Å². The monoisotopic (exact) mass is 378 g/mol. The highest BCUT2D eigenvalue weighted by atomic mass is 35.5. The average molecular weight is 379 g/mol. The zero-order valence-electron chi connectivity index (χ0n) is 13.7. The molecule has 27 heavy (non-hydrogen) atoms.